The van der Waals surface area contributed by atoms with Gasteiger partial charge in [-0.15, -0.1) is 0 Å². The lowest BCUT2D eigenvalue weighted by Gasteiger charge is -2.22. The van der Waals surface area contributed by atoms with E-state index in [1.54, 1.807) is 24.3 Å². The van der Waals surface area contributed by atoms with Crippen molar-refractivity contribution >= 4 is 23.2 Å². The van der Waals surface area contributed by atoms with Gasteiger partial charge in [0.15, 0.2) is 5.78 Å². The van der Waals surface area contributed by atoms with Crippen LogP contribution in [0.15, 0.2) is 54.6 Å². The molecule has 1 unspecified atom stereocenters. The van der Waals surface area contributed by atoms with E-state index in [0.717, 1.165) is 5.56 Å². The van der Waals surface area contributed by atoms with E-state index in [1.807, 2.05) is 44.2 Å². The molecule has 25 heavy (non-hydrogen) atoms. The minimum Gasteiger partial charge on any atom is -0.300 e. The smallest absolute Gasteiger partial charge is 0.180 e. The van der Waals surface area contributed by atoms with Gasteiger partial charge >= 0.3 is 0 Å². The standard InChI is InChI=1S/C22H21ClO2/c1-3-20(24)14-16-22(2,21(25)18-7-5-4-6-8-18)15-13-17-9-11-19(23)12-10-17/h4-12H,3,14,16H2,1-2H3. The largest absolute Gasteiger partial charge is 0.300 e. The lowest BCUT2D eigenvalue weighted by molar-refractivity contribution is -0.119. The Balaban J connectivity index is 2.33. The van der Waals surface area contributed by atoms with Crippen LogP contribution < -0.4 is 0 Å². The van der Waals surface area contributed by atoms with Crippen LogP contribution in [0, 0.1) is 17.3 Å². The summed E-state index contributed by atoms with van der Waals surface area (Å²) in [5, 5.41) is 0.641. The van der Waals surface area contributed by atoms with Crippen LogP contribution in [0.3, 0.4) is 0 Å². The van der Waals surface area contributed by atoms with Crippen molar-refractivity contribution in [2.45, 2.75) is 33.1 Å². The second kappa shape index (κ2) is 8.65. The molecular weight excluding hydrogens is 332 g/mol. The first kappa shape index (κ1) is 19.0. The van der Waals surface area contributed by atoms with Crippen molar-refractivity contribution in [1.82, 2.24) is 0 Å². The van der Waals surface area contributed by atoms with Gasteiger partial charge in [0.1, 0.15) is 5.78 Å². The van der Waals surface area contributed by atoms with Crippen LogP contribution in [-0.2, 0) is 4.79 Å². The van der Waals surface area contributed by atoms with Gasteiger partial charge in [0.25, 0.3) is 0 Å². The van der Waals surface area contributed by atoms with Crippen LogP contribution >= 0.6 is 11.6 Å². The van der Waals surface area contributed by atoms with E-state index in [0.29, 0.717) is 29.8 Å². The zero-order chi connectivity index (χ0) is 18.3. The van der Waals surface area contributed by atoms with Gasteiger partial charge in [-0.3, -0.25) is 9.59 Å². The molecule has 0 aliphatic carbocycles. The Labute approximate surface area is 154 Å². The zero-order valence-electron chi connectivity index (χ0n) is 14.5. The van der Waals surface area contributed by atoms with E-state index >= 15 is 0 Å². The average molecular weight is 353 g/mol. The molecule has 0 saturated carbocycles. The molecule has 1 atom stereocenters. The van der Waals surface area contributed by atoms with Gasteiger partial charge in [0.05, 0.1) is 5.41 Å². The summed E-state index contributed by atoms with van der Waals surface area (Å²) >= 11 is 5.89. The SMILES string of the molecule is CCC(=O)CCC(C)(C#Cc1ccc(Cl)cc1)C(=O)c1ccccc1. The lowest BCUT2D eigenvalue weighted by atomic mass is 9.78. The second-order valence-corrected chi connectivity index (χ2v) is 6.61. The summed E-state index contributed by atoms with van der Waals surface area (Å²) in [5.74, 6) is 6.26. The fourth-order valence-corrected chi connectivity index (χ4v) is 2.58. The van der Waals surface area contributed by atoms with Gasteiger partial charge in [0, 0.05) is 29.0 Å². The topological polar surface area (TPSA) is 34.1 Å². The number of halogens is 1. The lowest BCUT2D eigenvalue weighted by Crippen LogP contribution is -2.27. The van der Waals surface area contributed by atoms with E-state index in [9.17, 15) is 9.59 Å². The normalized spacial score (nSPS) is 12.6. The van der Waals surface area contributed by atoms with Crippen LogP contribution in [-0.4, -0.2) is 11.6 Å². The van der Waals surface area contributed by atoms with E-state index in [1.165, 1.54) is 0 Å². The summed E-state index contributed by atoms with van der Waals surface area (Å²) in [4.78, 5) is 24.8. The first-order valence-electron chi connectivity index (χ1n) is 8.35. The van der Waals surface area contributed by atoms with Crippen molar-refractivity contribution in [3.05, 3.63) is 70.7 Å². The highest BCUT2D eigenvalue weighted by molar-refractivity contribution is 6.30. The third-order valence-corrected chi connectivity index (χ3v) is 4.41. The van der Waals surface area contributed by atoms with Gasteiger partial charge in [-0.1, -0.05) is 60.7 Å². The molecule has 128 valence electrons. The maximum Gasteiger partial charge on any atom is 0.180 e. The quantitative estimate of drug-likeness (QED) is 0.519. The fraction of sp³-hybridized carbons (Fsp3) is 0.273. The Kier molecular flexibility index (Phi) is 6.56. The van der Waals surface area contributed by atoms with Gasteiger partial charge < -0.3 is 0 Å². The number of benzene rings is 2. The summed E-state index contributed by atoms with van der Waals surface area (Å²) in [6, 6.07) is 16.3. The second-order valence-electron chi connectivity index (χ2n) is 6.18. The maximum atomic E-state index is 13.0. The van der Waals surface area contributed by atoms with Gasteiger partial charge in [-0.25, -0.2) is 0 Å². The van der Waals surface area contributed by atoms with E-state index < -0.39 is 5.41 Å². The summed E-state index contributed by atoms with van der Waals surface area (Å²) in [6.07, 6.45) is 1.23. The average Bonchev–Trinajstić information content (AvgIpc) is 2.65. The fourth-order valence-electron chi connectivity index (χ4n) is 2.45. The predicted molar refractivity (Wildman–Crippen MR) is 102 cm³/mol. The Bertz CT molecular complexity index is 797. The zero-order valence-corrected chi connectivity index (χ0v) is 15.3. The molecule has 0 heterocycles. The Morgan fingerprint density at radius 3 is 2.28 bits per heavy atom. The highest BCUT2D eigenvalue weighted by Crippen LogP contribution is 2.28. The molecule has 0 radical (unpaired) electrons. The van der Waals surface area contributed by atoms with Crippen molar-refractivity contribution in [1.29, 1.82) is 0 Å². The summed E-state index contributed by atoms with van der Waals surface area (Å²) in [6.45, 7) is 3.65. The van der Waals surface area contributed by atoms with E-state index in [-0.39, 0.29) is 11.6 Å². The van der Waals surface area contributed by atoms with E-state index in [2.05, 4.69) is 11.8 Å². The molecule has 2 aromatic rings. The van der Waals surface area contributed by atoms with Crippen molar-refractivity contribution in [3.63, 3.8) is 0 Å². The molecule has 0 aromatic heterocycles. The third-order valence-electron chi connectivity index (χ3n) is 4.16. The number of hydrogen-bond donors (Lipinski definition) is 0. The maximum absolute atomic E-state index is 13.0. The number of ketones is 2. The minimum atomic E-state index is -0.911. The summed E-state index contributed by atoms with van der Waals surface area (Å²) in [7, 11) is 0. The highest BCUT2D eigenvalue weighted by Gasteiger charge is 2.32. The predicted octanol–water partition coefficient (Wildman–Crippen LogP) is 5.34. The Morgan fingerprint density at radius 1 is 1.04 bits per heavy atom. The molecule has 0 N–H and O–H groups in total. The van der Waals surface area contributed by atoms with Gasteiger partial charge in [-0.2, -0.15) is 0 Å². The number of carbonyl (C=O) groups is 2. The number of Topliss-reactive ketones (excluding diaryl/α,β-unsaturated/α-hetero) is 2. The van der Waals surface area contributed by atoms with Crippen molar-refractivity contribution in [2.24, 2.45) is 5.41 Å². The van der Waals surface area contributed by atoms with Crippen LogP contribution in [0.5, 0.6) is 0 Å². The molecule has 0 spiro atoms. The number of carbonyl (C=O) groups excluding carboxylic acids is 2. The molecule has 2 rings (SSSR count). The molecule has 2 nitrogen and oxygen atoms in total. The van der Waals surface area contributed by atoms with Crippen LogP contribution in [0.2, 0.25) is 5.02 Å². The third kappa shape index (κ3) is 5.31. The molecule has 0 aliphatic rings. The monoisotopic (exact) mass is 352 g/mol. The molecule has 0 saturated heterocycles. The van der Waals surface area contributed by atoms with E-state index in [4.69, 9.17) is 11.6 Å². The highest BCUT2D eigenvalue weighted by atomic mass is 35.5. The van der Waals surface area contributed by atoms with Crippen LogP contribution in [0.25, 0.3) is 0 Å². The van der Waals surface area contributed by atoms with Crippen molar-refractivity contribution in [2.75, 3.05) is 0 Å². The van der Waals surface area contributed by atoms with Gasteiger partial charge in [-0.05, 0) is 37.6 Å². The first-order valence-corrected chi connectivity index (χ1v) is 8.73. The Hall–Kier alpha value is -2.37. The van der Waals surface area contributed by atoms with Crippen molar-refractivity contribution < 1.29 is 9.59 Å². The number of rotatable bonds is 6. The molecule has 0 aliphatic heterocycles. The molecular formula is C22H21ClO2. The van der Waals surface area contributed by atoms with Gasteiger partial charge in [0.2, 0.25) is 0 Å². The minimum absolute atomic E-state index is 0.0570. The van der Waals surface area contributed by atoms with Crippen molar-refractivity contribution in [3.8, 4) is 11.8 Å². The molecule has 0 fully saturated rings. The summed E-state index contributed by atoms with van der Waals surface area (Å²) < 4.78 is 0. The molecule has 0 amide bonds. The summed E-state index contributed by atoms with van der Waals surface area (Å²) in [5.41, 5.74) is 0.490. The Morgan fingerprint density at radius 2 is 1.68 bits per heavy atom. The van der Waals surface area contributed by atoms with Crippen LogP contribution in [0.4, 0.5) is 0 Å². The van der Waals surface area contributed by atoms with Crippen LogP contribution in [0.1, 0.15) is 49.0 Å². The number of hydrogen-bond acceptors (Lipinski definition) is 2. The molecule has 3 heteroatoms. The molecule has 2 aromatic carbocycles. The first-order chi connectivity index (χ1) is 11.9. The molecule has 0 bridgehead atoms.